The Hall–Kier alpha value is -5.06. The molecule has 0 aliphatic heterocycles. The van der Waals surface area contributed by atoms with E-state index in [2.05, 4.69) is 31.9 Å². The molecule has 304 valence electrons. The molecule has 0 aliphatic carbocycles. The smallest absolute Gasteiger partial charge is 0.408 e. The van der Waals surface area contributed by atoms with Crippen LogP contribution in [0.3, 0.4) is 0 Å². The lowest BCUT2D eigenvalue weighted by Crippen LogP contribution is -2.59. The maximum atomic E-state index is 13.5. The van der Waals surface area contributed by atoms with Crippen molar-refractivity contribution in [2.24, 2.45) is 11.8 Å². The summed E-state index contributed by atoms with van der Waals surface area (Å²) in [6.45, 7) is 16.8. The number of nitrogens with one attached hydrogen (secondary N) is 6. The molecule has 0 saturated heterocycles. The molecule has 17 heteroatoms. The Kier molecular flexibility index (Phi) is 17.2. The van der Waals surface area contributed by atoms with Crippen molar-refractivity contribution >= 4 is 57.9 Å². The van der Waals surface area contributed by atoms with Gasteiger partial charge in [0.05, 0.1) is 23.5 Å². The van der Waals surface area contributed by atoms with Gasteiger partial charge < -0.3 is 41.4 Å². The summed E-state index contributed by atoms with van der Waals surface area (Å²) in [7, 11) is 1.18. The quantitative estimate of drug-likeness (QED) is 0.100. The molecule has 2 aromatic rings. The van der Waals surface area contributed by atoms with Crippen LogP contribution in [0.2, 0.25) is 0 Å². The Balaban J connectivity index is 2.02. The number of carbonyl (C=O) groups is 7. The van der Waals surface area contributed by atoms with E-state index in [9.17, 15) is 38.0 Å². The molecule has 15 nitrogen and oxygen atoms in total. The van der Waals surface area contributed by atoms with E-state index >= 15 is 0 Å². The number of alkyl carbamates (subject to hydrolysis) is 1. The Morgan fingerprint density at radius 2 is 1.33 bits per heavy atom. The highest BCUT2D eigenvalue weighted by Gasteiger charge is 2.33. The van der Waals surface area contributed by atoms with Gasteiger partial charge in [0.25, 0.3) is 5.91 Å². The van der Waals surface area contributed by atoms with Gasteiger partial charge in [-0.15, -0.1) is 11.3 Å². The van der Waals surface area contributed by atoms with Crippen molar-refractivity contribution in [1.82, 2.24) is 26.6 Å². The van der Waals surface area contributed by atoms with E-state index in [4.69, 9.17) is 9.47 Å². The Morgan fingerprint density at radius 1 is 0.782 bits per heavy atom. The summed E-state index contributed by atoms with van der Waals surface area (Å²) in [6, 6.07) is 2.50. The summed E-state index contributed by atoms with van der Waals surface area (Å²) in [5, 5.41) is 16.0. The number of hydrogen-bond donors (Lipinski definition) is 6. The monoisotopic (exact) mass is 790 g/mol. The molecule has 0 saturated carbocycles. The third kappa shape index (κ3) is 13.6. The molecular weight excluding hydrogens is 736 g/mol. The maximum Gasteiger partial charge on any atom is 0.408 e. The number of rotatable bonds is 17. The SMILES string of the molecule is CCC(C(=O)Nc1sc(C(=O)NCCNC(=O)[C@H](C)NC(=O)[C@@H](NC(=O)[C@@H](NC(=O)OC(C)(C)C)C(C)C)C(C)C)c(C)c1C(=O)OC)c1ccc(F)cc1. The normalized spacial score (nSPS) is 13.5. The number of esters is 1. The molecule has 1 unspecified atom stereocenters. The lowest BCUT2D eigenvalue weighted by Gasteiger charge is -2.28. The van der Waals surface area contributed by atoms with Gasteiger partial charge in [0.15, 0.2) is 0 Å². The van der Waals surface area contributed by atoms with E-state index in [1.54, 1.807) is 62.3 Å². The van der Waals surface area contributed by atoms with Crippen molar-refractivity contribution in [2.45, 2.75) is 105 Å². The van der Waals surface area contributed by atoms with Crippen molar-refractivity contribution < 1.29 is 47.4 Å². The van der Waals surface area contributed by atoms with Gasteiger partial charge >= 0.3 is 12.1 Å². The standard InChI is InChI=1S/C38H55FN6O9S/c1-12-25(23-13-15-24(39)16-14-23)31(47)45-35-26(36(51)53-11)21(6)29(55-35)34(50)41-18-17-40-30(46)22(7)42-32(48)27(19(2)3)43-33(49)28(20(4)5)44-37(52)54-38(8,9)10/h13-16,19-20,22,25,27-28H,12,17-18H2,1-11H3,(H,40,46)(H,41,50)(H,42,48)(H,43,49)(H,44,52)(H,45,47)/t22-,25?,27-,28-/m0/s1. The van der Waals surface area contributed by atoms with Crippen LogP contribution in [0.25, 0.3) is 0 Å². The predicted molar refractivity (Wildman–Crippen MR) is 206 cm³/mol. The lowest BCUT2D eigenvalue weighted by atomic mass is 9.95. The van der Waals surface area contributed by atoms with Crippen LogP contribution in [0.1, 0.15) is 106 Å². The Morgan fingerprint density at radius 3 is 1.85 bits per heavy atom. The van der Waals surface area contributed by atoms with Crippen LogP contribution in [0.15, 0.2) is 24.3 Å². The summed E-state index contributed by atoms with van der Waals surface area (Å²) in [5.41, 5.74) is 0.111. The number of amides is 6. The molecule has 0 bridgehead atoms. The number of anilines is 1. The summed E-state index contributed by atoms with van der Waals surface area (Å²) in [6.07, 6.45) is -0.387. The molecule has 0 spiro atoms. The summed E-state index contributed by atoms with van der Waals surface area (Å²) in [5.74, 6) is -5.32. The van der Waals surface area contributed by atoms with Crippen LogP contribution in [0.5, 0.6) is 0 Å². The van der Waals surface area contributed by atoms with Crippen LogP contribution >= 0.6 is 11.3 Å². The number of ether oxygens (including phenoxy) is 2. The predicted octanol–water partition coefficient (Wildman–Crippen LogP) is 4.16. The van der Waals surface area contributed by atoms with Crippen LogP contribution in [0, 0.1) is 24.6 Å². The first-order valence-corrected chi connectivity index (χ1v) is 18.9. The summed E-state index contributed by atoms with van der Waals surface area (Å²) >= 11 is 0.888. The van der Waals surface area contributed by atoms with Gasteiger partial charge in [0.2, 0.25) is 23.6 Å². The minimum atomic E-state index is -1.03. The third-order valence-electron chi connectivity index (χ3n) is 8.31. The minimum absolute atomic E-state index is 0.0186. The highest BCUT2D eigenvalue weighted by Crippen LogP contribution is 2.35. The third-order valence-corrected chi connectivity index (χ3v) is 9.51. The highest BCUT2D eigenvalue weighted by atomic mass is 32.1. The van der Waals surface area contributed by atoms with E-state index in [1.807, 2.05) is 0 Å². The van der Waals surface area contributed by atoms with Crippen LogP contribution in [-0.2, 0) is 28.7 Å². The average molecular weight is 791 g/mol. The molecule has 2 rings (SSSR count). The molecule has 0 fully saturated rings. The van der Waals surface area contributed by atoms with Crippen molar-refractivity contribution in [3.05, 3.63) is 51.7 Å². The fourth-order valence-electron chi connectivity index (χ4n) is 5.34. The second-order valence-corrected chi connectivity index (χ2v) is 15.6. The fourth-order valence-corrected chi connectivity index (χ4v) is 6.46. The van der Waals surface area contributed by atoms with E-state index in [0.717, 1.165) is 11.3 Å². The zero-order valence-electron chi connectivity index (χ0n) is 33.4. The molecule has 1 aromatic carbocycles. The zero-order valence-corrected chi connectivity index (χ0v) is 34.2. The van der Waals surface area contributed by atoms with E-state index < -0.39 is 77.1 Å². The first-order chi connectivity index (χ1) is 25.6. The molecule has 1 aromatic heterocycles. The topological polar surface area (TPSA) is 210 Å². The van der Waals surface area contributed by atoms with Gasteiger partial charge in [-0.05, 0) is 76.1 Å². The van der Waals surface area contributed by atoms with E-state index in [-0.39, 0.29) is 45.9 Å². The second-order valence-electron chi connectivity index (χ2n) is 14.6. The van der Waals surface area contributed by atoms with Crippen LogP contribution in [-0.4, -0.2) is 85.5 Å². The largest absolute Gasteiger partial charge is 0.465 e. The summed E-state index contributed by atoms with van der Waals surface area (Å²) < 4.78 is 23.7. The van der Waals surface area contributed by atoms with Crippen molar-refractivity contribution in [3.8, 4) is 0 Å². The number of hydrogen-bond acceptors (Lipinski definition) is 10. The molecule has 55 heavy (non-hydrogen) atoms. The molecule has 0 aliphatic rings. The first-order valence-electron chi connectivity index (χ1n) is 18.1. The molecule has 1 heterocycles. The maximum absolute atomic E-state index is 13.5. The summed E-state index contributed by atoms with van der Waals surface area (Å²) in [4.78, 5) is 90.9. The number of methoxy groups -OCH3 is 1. The molecule has 0 radical (unpaired) electrons. The molecule has 6 amide bonds. The van der Waals surface area contributed by atoms with Crippen molar-refractivity contribution in [1.29, 1.82) is 0 Å². The van der Waals surface area contributed by atoms with Gasteiger partial charge in [-0.25, -0.2) is 14.0 Å². The molecule has 4 atom stereocenters. The zero-order chi connectivity index (χ0) is 41.8. The second kappa shape index (κ2) is 20.6. The number of benzene rings is 1. The van der Waals surface area contributed by atoms with Crippen molar-refractivity contribution in [2.75, 3.05) is 25.5 Å². The number of thiophene rings is 1. The van der Waals surface area contributed by atoms with Crippen molar-refractivity contribution in [3.63, 3.8) is 0 Å². The number of halogens is 1. The lowest BCUT2D eigenvalue weighted by molar-refractivity contribution is -0.133. The fraction of sp³-hybridized carbons (Fsp3) is 0.553. The van der Waals surface area contributed by atoms with Gasteiger partial charge in [-0.1, -0.05) is 46.8 Å². The van der Waals surface area contributed by atoms with Crippen LogP contribution < -0.4 is 31.9 Å². The number of carbonyl (C=O) groups excluding carboxylic acids is 7. The minimum Gasteiger partial charge on any atom is -0.465 e. The average Bonchev–Trinajstić information content (AvgIpc) is 3.42. The van der Waals surface area contributed by atoms with E-state index in [0.29, 0.717) is 12.0 Å². The molecular formula is C38H55FN6O9S. The highest BCUT2D eigenvalue weighted by molar-refractivity contribution is 7.18. The Labute approximate surface area is 325 Å². The van der Waals surface area contributed by atoms with Gasteiger partial charge in [0.1, 0.15) is 34.5 Å². The van der Waals surface area contributed by atoms with Crippen LogP contribution in [0.4, 0.5) is 14.2 Å². The van der Waals surface area contributed by atoms with Gasteiger partial charge in [-0.2, -0.15) is 0 Å². The van der Waals surface area contributed by atoms with Gasteiger partial charge in [-0.3, -0.25) is 24.0 Å². The van der Waals surface area contributed by atoms with Gasteiger partial charge in [0, 0.05) is 13.1 Å². The first kappa shape index (κ1) is 46.1. The molecule has 6 N–H and O–H groups in total. The Bertz CT molecular complexity index is 1700. The van der Waals surface area contributed by atoms with E-state index in [1.165, 1.54) is 38.3 Å².